The molecule has 0 aromatic heterocycles. The number of benzene rings is 1. The van der Waals surface area contributed by atoms with Gasteiger partial charge in [-0.2, -0.15) is 0 Å². The summed E-state index contributed by atoms with van der Waals surface area (Å²) < 4.78 is 0. The lowest BCUT2D eigenvalue weighted by Gasteiger charge is -2.28. The highest BCUT2D eigenvalue weighted by atomic mass is 32.2. The molecule has 2 rings (SSSR count). The zero-order chi connectivity index (χ0) is 15.6. The van der Waals surface area contributed by atoms with E-state index >= 15 is 0 Å². The predicted octanol–water partition coefficient (Wildman–Crippen LogP) is 1.07. The third-order valence-corrected chi connectivity index (χ3v) is 3.75. The zero-order valence-electron chi connectivity index (χ0n) is 11.8. The van der Waals surface area contributed by atoms with Crippen LogP contribution in [0.2, 0.25) is 0 Å². The van der Waals surface area contributed by atoms with Crippen LogP contribution in [0.25, 0.3) is 0 Å². The number of carbonyl (C=O) groups excluding carboxylic acids is 1. The third-order valence-electron chi connectivity index (χ3n) is 3.03. The number of fused-ring (bicyclic) bond motifs is 1. The fraction of sp³-hybridized carbons (Fsp3) is 0.267. The number of carboxylic acids is 1. The average molecular weight is 302 g/mol. The molecular formula is C15H16N3O2S-. The molecule has 0 amide bonds. The van der Waals surface area contributed by atoms with Gasteiger partial charge in [0.2, 0.25) is 0 Å². The molecule has 0 unspecified atom stereocenters. The largest absolute Gasteiger partial charge is 0.544 e. The highest BCUT2D eigenvalue weighted by molar-refractivity contribution is 8.17. The average Bonchev–Trinajstić information content (AvgIpc) is 2.35. The maximum absolute atomic E-state index is 11.2. The molecular weight excluding hydrogens is 286 g/mol. The van der Waals surface area contributed by atoms with Crippen molar-refractivity contribution in [2.75, 3.05) is 0 Å². The van der Waals surface area contributed by atoms with Crippen LogP contribution in [-0.4, -0.2) is 22.4 Å². The minimum atomic E-state index is -1.36. The Balaban J connectivity index is 2.51. The molecule has 1 aliphatic heterocycles. The molecule has 6 heteroatoms. The molecule has 5 nitrogen and oxygen atoms in total. The van der Waals surface area contributed by atoms with Gasteiger partial charge in [0.1, 0.15) is 0 Å². The molecule has 21 heavy (non-hydrogen) atoms. The standard InChI is InChI=1S/C15H17N3O2S/c1-15(2)8-9-5-3-4-6-10(9)11(18-15)7-12(13(19)20)21-14(16)17/h3-7H,8H2,1-2H3,(H3,16,17)(H,19,20)/p-1/b12-7+. The maximum atomic E-state index is 11.2. The lowest BCUT2D eigenvalue weighted by molar-refractivity contribution is -0.298. The first-order valence-corrected chi connectivity index (χ1v) is 7.23. The normalized spacial score (nSPS) is 16.9. The number of aliphatic imine (C=N–C) groups is 1. The second kappa shape index (κ2) is 5.73. The lowest BCUT2D eigenvalue weighted by atomic mass is 9.87. The molecule has 110 valence electrons. The number of nitrogens with one attached hydrogen (secondary N) is 1. The molecule has 1 heterocycles. The van der Waals surface area contributed by atoms with E-state index in [0.717, 1.165) is 17.5 Å². The second-order valence-electron chi connectivity index (χ2n) is 5.41. The summed E-state index contributed by atoms with van der Waals surface area (Å²) in [5, 5.41) is 18.1. The highest BCUT2D eigenvalue weighted by Gasteiger charge is 2.25. The molecule has 1 aromatic rings. The Morgan fingerprint density at radius 2 is 2.14 bits per heavy atom. The number of nitrogens with zero attached hydrogens (tertiary/aromatic N) is 1. The van der Waals surface area contributed by atoms with Gasteiger partial charge in [0.15, 0.2) is 5.17 Å². The number of aliphatic carboxylic acids is 1. The van der Waals surface area contributed by atoms with Gasteiger partial charge >= 0.3 is 0 Å². The quantitative estimate of drug-likeness (QED) is 0.495. The van der Waals surface area contributed by atoms with E-state index in [-0.39, 0.29) is 15.6 Å². The number of hydrogen-bond acceptors (Lipinski definition) is 5. The van der Waals surface area contributed by atoms with Crippen molar-refractivity contribution in [3.8, 4) is 0 Å². The van der Waals surface area contributed by atoms with E-state index in [0.29, 0.717) is 17.5 Å². The van der Waals surface area contributed by atoms with E-state index in [9.17, 15) is 9.90 Å². The molecule has 0 saturated carbocycles. The molecule has 1 aliphatic rings. The van der Waals surface area contributed by atoms with E-state index in [1.807, 2.05) is 38.1 Å². The number of carbonyl (C=O) groups is 1. The Morgan fingerprint density at radius 3 is 2.76 bits per heavy atom. The van der Waals surface area contributed by atoms with Gasteiger partial charge in [-0.1, -0.05) is 36.0 Å². The van der Waals surface area contributed by atoms with Crippen LogP contribution in [0.4, 0.5) is 0 Å². The van der Waals surface area contributed by atoms with Gasteiger partial charge < -0.3 is 15.6 Å². The number of rotatable bonds is 3. The van der Waals surface area contributed by atoms with Crippen LogP contribution in [-0.2, 0) is 11.2 Å². The van der Waals surface area contributed by atoms with Crippen molar-refractivity contribution in [1.29, 1.82) is 5.41 Å². The van der Waals surface area contributed by atoms with Crippen LogP contribution in [0, 0.1) is 5.41 Å². The lowest BCUT2D eigenvalue weighted by Crippen LogP contribution is -2.30. The Kier molecular flexibility index (Phi) is 4.18. The van der Waals surface area contributed by atoms with Crippen LogP contribution in [0.5, 0.6) is 0 Å². The maximum Gasteiger partial charge on any atom is 0.156 e. The van der Waals surface area contributed by atoms with Crippen LogP contribution in [0.15, 0.2) is 40.2 Å². The van der Waals surface area contributed by atoms with Crippen molar-refractivity contribution in [1.82, 2.24) is 0 Å². The summed E-state index contributed by atoms with van der Waals surface area (Å²) in [7, 11) is 0. The van der Waals surface area contributed by atoms with Gasteiger partial charge in [-0.3, -0.25) is 10.4 Å². The molecule has 0 aliphatic carbocycles. The minimum Gasteiger partial charge on any atom is -0.544 e. The van der Waals surface area contributed by atoms with Gasteiger partial charge in [0.25, 0.3) is 0 Å². The Bertz CT molecular complexity index is 663. The number of allylic oxidation sites excluding steroid dienone is 1. The fourth-order valence-corrected chi connectivity index (χ4v) is 2.79. The van der Waals surface area contributed by atoms with Crippen LogP contribution in [0.1, 0.15) is 25.0 Å². The van der Waals surface area contributed by atoms with E-state index in [1.165, 1.54) is 6.08 Å². The minimum absolute atomic E-state index is 0.117. The van der Waals surface area contributed by atoms with Crippen LogP contribution in [0.3, 0.4) is 0 Å². The Morgan fingerprint density at radius 1 is 1.48 bits per heavy atom. The van der Waals surface area contributed by atoms with E-state index in [1.54, 1.807) is 0 Å². The van der Waals surface area contributed by atoms with Crippen molar-refractivity contribution in [3.05, 3.63) is 46.4 Å². The number of thioether (sulfide) groups is 1. The number of hydrogen-bond donors (Lipinski definition) is 2. The first kappa shape index (κ1) is 15.3. The molecule has 0 fully saturated rings. The van der Waals surface area contributed by atoms with Gasteiger partial charge in [-0.05, 0) is 31.9 Å². The van der Waals surface area contributed by atoms with Crippen LogP contribution >= 0.6 is 11.8 Å². The summed E-state index contributed by atoms with van der Waals surface area (Å²) >= 11 is 0.655. The van der Waals surface area contributed by atoms with Gasteiger partial charge in [-0.25, -0.2) is 0 Å². The number of nitrogens with two attached hydrogens (primary N) is 1. The summed E-state index contributed by atoms with van der Waals surface area (Å²) in [6.45, 7) is 3.99. The molecule has 1 aromatic carbocycles. The van der Waals surface area contributed by atoms with Gasteiger partial charge in [0.05, 0.1) is 17.2 Å². The molecule has 3 N–H and O–H groups in total. The molecule has 0 saturated heterocycles. The molecule has 0 bridgehead atoms. The highest BCUT2D eigenvalue weighted by Crippen LogP contribution is 2.28. The number of carboxylic acid groups (broad SMARTS) is 1. The molecule has 0 atom stereocenters. The van der Waals surface area contributed by atoms with Crippen molar-refractivity contribution in [2.45, 2.75) is 25.8 Å². The topological polar surface area (TPSA) is 102 Å². The summed E-state index contributed by atoms with van der Waals surface area (Å²) in [5.74, 6) is -1.36. The van der Waals surface area contributed by atoms with Crippen molar-refractivity contribution in [2.24, 2.45) is 10.7 Å². The van der Waals surface area contributed by atoms with E-state index in [2.05, 4.69) is 4.99 Å². The summed E-state index contributed by atoms with van der Waals surface area (Å²) in [5.41, 5.74) is 7.55. The fourth-order valence-electron chi connectivity index (χ4n) is 2.30. The predicted molar refractivity (Wildman–Crippen MR) is 83.4 cm³/mol. The Hall–Kier alpha value is -2.08. The molecule has 0 radical (unpaired) electrons. The first-order valence-electron chi connectivity index (χ1n) is 6.41. The van der Waals surface area contributed by atoms with Gasteiger partial charge in [-0.15, -0.1) is 0 Å². The van der Waals surface area contributed by atoms with Crippen molar-refractivity contribution in [3.63, 3.8) is 0 Å². The van der Waals surface area contributed by atoms with E-state index < -0.39 is 5.97 Å². The summed E-state index contributed by atoms with van der Waals surface area (Å²) in [6, 6.07) is 7.75. The van der Waals surface area contributed by atoms with E-state index in [4.69, 9.17) is 11.1 Å². The summed E-state index contributed by atoms with van der Waals surface area (Å²) in [6.07, 6.45) is 2.22. The smallest absolute Gasteiger partial charge is 0.156 e. The SMILES string of the molecule is CC1(C)Cc2ccccc2C(/C=C(/SC(=N)N)C(=O)[O-])=N1. The zero-order valence-corrected chi connectivity index (χ0v) is 12.7. The monoisotopic (exact) mass is 302 g/mol. The van der Waals surface area contributed by atoms with Crippen LogP contribution < -0.4 is 10.8 Å². The first-order chi connectivity index (χ1) is 9.78. The third kappa shape index (κ3) is 3.72. The van der Waals surface area contributed by atoms with Crippen molar-refractivity contribution < 1.29 is 9.90 Å². The molecule has 0 spiro atoms. The Labute approximate surface area is 127 Å². The van der Waals surface area contributed by atoms with Gasteiger partial charge in [0, 0.05) is 10.5 Å². The van der Waals surface area contributed by atoms with Crippen molar-refractivity contribution >= 4 is 28.6 Å². The summed E-state index contributed by atoms with van der Waals surface area (Å²) in [4.78, 5) is 15.7. The number of amidine groups is 1. The second-order valence-corrected chi connectivity index (χ2v) is 6.49.